The van der Waals surface area contributed by atoms with E-state index in [1.54, 1.807) is 42.2 Å². The van der Waals surface area contributed by atoms with Gasteiger partial charge in [-0.25, -0.2) is 14.2 Å². The van der Waals surface area contributed by atoms with E-state index in [-0.39, 0.29) is 23.7 Å². The van der Waals surface area contributed by atoms with Gasteiger partial charge in [0.05, 0.1) is 0 Å². The molecule has 0 spiro atoms. The smallest absolute Gasteiger partial charge is 0.319 e. The number of pyridine rings is 1. The molecule has 2 heterocycles. The van der Waals surface area contributed by atoms with Crippen LogP contribution in [-0.4, -0.2) is 53.9 Å². The highest BCUT2D eigenvalue weighted by atomic mass is 19.1. The molecule has 1 saturated heterocycles. The first kappa shape index (κ1) is 20.6. The number of ether oxygens (including phenoxy) is 1. The second-order valence-corrected chi connectivity index (χ2v) is 7.21. The van der Waals surface area contributed by atoms with Gasteiger partial charge in [0.2, 0.25) is 11.8 Å². The molecule has 3 rings (SSSR count). The number of hydrogen-bond acceptors (Lipinski definition) is 4. The number of nitrogens with zero attached hydrogens (tertiary/aromatic N) is 3. The molecule has 1 aromatic heterocycles. The molecule has 0 aliphatic carbocycles. The topological polar surface area (TPSA) is 74.8 Å². The SMILES string of the molecule is CN(C)C(=O)N1CCC(C(=O)NCc2ccnc(Oc3ccc(F)cc3)c2)CC1. The van der Waals surface area contributed by atoms with E-state index < -0.39 is 0 Å². The van der Waals surface area contributed by atoms with E-state index >= 15 is 0 Å². The number of benzene rings is 1. The van der Waals surface area contributed by atoms with Gasteiger partial charge in [0.25, 0.3) is 0 Å². The Morgan fingerprint density at radius 1 is 1.21 bits per heavy atom. The van der Waals surface area contributed by atoms with Gasteiger partial charge in [0.15, 0.2) is 0 Å². The van der Waals surface area contributed by atoms with Crippen molar-refractivity contribution in [3.63, 3.8) is 0 Å². The molecule has 1 aromatic carbocycles. The third-order valence-electron chi connectivity index (χ3n) is 4.82. The van der Waals surface area contributed by atoms with Gasteiger partial charge in [0.1, 0.15) is 11.6 Å². The Labute approximate surface area is 169 Å². The molecule has 0 bridgehead atoms. The molecular weight excluding hydrogens is 375 g/mol. The van der Waals surface area contributed by atoms with Gasteiger partial charge in [-0.1, -0.05) is 0 Å². The third-order valence-corrected chi connectivity index (χ3v) is 4.82. The highest BCUT2D eigenvalue weighted by molar-refractivity contribution is 5.79. The van der Waals surface area contributed by atoms with Crippen molar-refractivity contribution < 1.29 is 18.7 Å². The fourth-order valence-electron chi connectivity index (χ4n) is 3.19. The number of halogens is 1. The molecule has 29 heavy (non-hydrogen) atoms. The van der Waals surface area contributed by atoms with E-state index in [0.29, 0.717) is 44.1 Å². The molecule has 0 radical (unpaired) electrons. The molecule has 1 fully saturated rings. The van der Waals surface area contributed by atoms with Crippen LogP contribution in [0.25, 0.3) is 0 Å². The minimum Gasteiger partial charge on any atom is -0.439 e. The summed E-state index contributed by atoms with van der Waals surface area (Å²) < 4.78 is 18.6. The second-order valence-electron chi connectivity index (χ2n) is 7.21. The lowest BCUT2D eigenvalue weighted by Gasteiger charge is -2.33. The average molecular weight is 400 g/mol. The standard InChI is InChI=1S/C21H25FN4O3/c1-25(2)21(28)26-11-8-16(9-12-26)20(27)24-14-15-7-10-23-19(13-15)29-18-5-3-17(22)4-6-18/h3-7,10,13,16H,8-9,11-12,14H2,1-2H3,(H,24,27). The molecule has 0 unspecified atom stereocenters. The molecule has 1 aliphatic rings. The van der Waals surface area contributed by atoms with Crippen LogP contribution in [0.1, 0.15) is 18.4 Å². The lowest BCUT2D eigenvalue weighted by Crippen LogP contribution is -2.46. The average Bonchev–Trinajstić information content (AvgIpc) is 2.73. The summed E-state index contributed by atoms with van der Waals surface area (Å²) in [5.41, 5.74) is 0.852. The first-order valence-electron chi connectivity index (χ1n) is 9.54. The lowest BCUT2D eigenvalue weighted by molar-refractivity contribution is -0.126. The quantitative estimate of drug-likeness (QED) is 0.837. The van der Waals surface area contributed by atoms with Crippen molar-refractivity contribution in [1.29, 1.82) is 0 Å². The summed E-state index contributed by atoms with van der Waals surface area (Å²) in [5, 5.41) is 2.95. The predicted molar refractivity (Wildman–Crippen MR) is 106 cm³/mol. The number of hydrogen-bond donors (Lipinski definition) is 1. The lowest BCUT2D eigenvalue weighted by atomic mass is 9.96. The highest BCUT2D eigenvalue weighted by Crippen LogP contribution is 2.21. The van der Waals surface area contributed by atoms with Crippen molar-refractivity contribution in [3.05, 3.63) is 54.0 Å². The van der Waals surface area contributed by atoms with Gasteiger partial charge in [-0.15, -0.1) is 0 Å². The summed E-state index contributed by atoms with van der Waals surface area (Å²) in [6, 6.07) is 9.21. The van der Waals surface area contributed by atoms with Crippen LogP contribution in [0.4, 0.5) is 9.18 Å². The molecular formula is C21H25FN4O3. The van der Waals surface area contributed by atoms with Gasteiger partial charge in [-0.2, -0.15) is 0 Å². The number of carbonyl (C=O) groups is 2. The molecule has 8 heteroatoms. The molecule has 3 amide bonds. The molecule has 0 saturated carbocycles. The fraction of sp³-hybridized carbons (Fsp3) is 0.381. The Bertz CT molecular complexity index is 849. The van der Waals surface area contributed by atoms with E-state index in [1.165, 1.54) is 24.3 Å². The Hall–Kier alpha value is -3.16. The number of nitrogens with one attached hydrogen (secondary N) is 1. The number of carbonyl (C=O) groups excluding carboxylic acids is 2. The number of likely N-dealkylation sites (tertiary alicyclic amines) is 1. The highest BCUT2D eigenvalue weighted by Gasteiger charge is 2.27. The molecule has 1 N–H and O–H groups in total. The zero-order valence-corrected chi connectivity index (χ0v) is 16.6. The first-order valence-corrected chi connectivity index (χ1v) is 9.54. The van der Waals surface area contributed by atoms with E-state index in [4.69, 9.17) is 4.74 Å². The number of aromatic nitrogens is 1. The predicted octanol–water partition coefficient (Wildman–Crippen LogP) is 3.02. The Kier molecular flexibility index (Phi) is 6.64. The number of amides is 3. The zero-order chi connectivity index (χ0) is 20.8. The van der Waals surface area contributed by atoms with Crippen LogP contribution in [-0.2, 0) is 11.3 Å². The van der Waals surface area contributed by atoms with Crippen LogP contribution in [0.2, 0.25) is 0 Å². The molecule has 7 nitrogen and oxygen atoms in total. The number of rotatable bonds is 5. The van der Waals surface area contributed by atoms with Crippen molar-refractivity contribution in [3.8, 4) is 11.6 Å². The van der Waals surface area contributed by atoms with Crippen molar-refractivity contribution in [2.24, 2.45) is 5.92 Å². The summed E-state index contributed by atoms with van der Waals surface area (Å²) >= 11 is 0. The van der Waals surface area contributed by atoms with E-state index in [0.717, 1.165) is 5.56 Å². The Morgan fingerprint density at radius 2 is 1.90 bits per heavy atom. The third kappa shape index (κ3) is 5.66. The first-order chi connectivity index (χ1) is 13.9. The van der Waals surface area contributed by atoms with Crippen molar-refractivity contribution in [2.75, 3.05) is 27.2 Å². The van der Waals surface area contributed by atoms with Crippen molar-refractivity contribution >= 4 is 11.9 Å². The molecule has 0 atom stereocenters. The Balaban J connectivity index is 1.49. The number of urea groups is 1. The van der Waals surface area contributed by atoms with Gasteiger partial charge in [-0.3, -0.25) is 4.79 Å². The van der Waals surface area contributed by atoms with Crippen LogP contribution in [0.5, 0.6) is 11.6 Å². The van der Waals surface area contributed by atoms with Crippen molar-refractivity contribution in [2.45, 2.75) is 19.4 Å². The van der Waals surface area contributed by atoms with E-state index in [1.807, 2.05) is 0 Å². The summed E-state index contributed by atoms with van der Waals surface area (Å²) in [4.78, 5) is 31.9. The zero-order valence-electron chi connectivity index (χ0n) is 16.6. The summed E-state index contributed by atoms with van der Waals surface area (Å²) in [7, 11) is 3.45. The van der Waals surface area contributed by atoms with Crippen LogP contribution in [0.3, 0.4) is 0 Å². The van der Waals surface area contributed by atoms with E-state index in [2.05, 4.69) is 10.3 Å². The minimum atomic E-state index is -0.335. The fourth-order valence-corrected chi connectivity index (χ4v) is 3.19. The summed E-state index contributed by atoms with van der Waals surface area (Å²) in [6.07, 6.45) is 2.91. The van der Waals surface area contributed by atoms with Gasteiger partial charge >= 0.3 is 6.03 Å². The van der Waals surface area contributed by atoms with Crippen LogP contribution < -0.4 is 10.1 Å². The minimum absolute atomic E-state index is 0.0141. The monoisotopic (exact) mass is 400 g/mol. The molecule has 2 aromatic rings. The van der Waals surface area contributed by atoms with Crippen LogP contribution in [0, 0.1) is 11.7 Å². The van der Waals surface area contributed by atoms with Gasteiger partial charge in [0, 0.05) is 51.9 Å². The summed E-state index contributed by atoms with van der Waals surface area (Å²) in [6.45, 7) is 1.53. The maximum atomic E-state index is 13.0. The molecule has 154 valence electrons. The normalized spacial score (nSPS) is 14.4. The van der Waals surface area contributed by atoms with Crippen LogP contribution in [0.15, 0.2) is 42.6 Å². The number of piperidine rings is 1. The summed E-state index contributed by atoms with van der Waals surface area (Å²) in [5.74, 6) is 0.411. The van der Waals surface area contributed by atoms with Crippen molar-refractivity contribution in [1.82, 2.24) is 20.1 Å². The largest absolute Gasteiger partial charge is 0.439 e. The van der Waals surface area contributed by atoms with Gasteiger partial charge in [-0.05, 0) is 48.7 Å². The second kappa shape index (κ2) is 9.36. The molecule has 1 aliphatic heterocycles. The maximum absolute atomic E-state index is 13.0. The van der Waals surface area contributed by atoms with Crippen LogP contribution >= 0.6 is 0 Å². The van der Waals surface area contributed by atoms with Gasteiger partial charge < -0.3 is 19.9 Å². The van der Waals surface area contributed by atoms with E-state index in [9.17, 15) is 14.0 Å². The maximum Gasteiger partial charge on any atom is 0.319 e. The Morgan fingerprint density at radius 3 is 2.55 bits per heavy atom.